The van der Waals surface area contributed by atoms with Crippen molar-refractivity contribution in [2.45, 2.75) is 18.7 Å². The maximum atomic E-state index is 12.0. The second-order valence-electron chi connectivity index (χ2n) is 4.07. The molecular weight excluding hydrogens is 346 g/mol. The third-order valence-corrected chi connectivity index (χ3v) is 4.93. The molecule has 0 spiro atoms. The molecule has 0 unspecified atom stereocenters. The van der Waals surface area contributed by atoms with Crippen LogP contribution in [0.5, 0.6) is 0 Å². The molecule has 0 heterocycles. The van der Waals surface area contributed by atoms with Gasteiger partial charge in [0.1, 0.15) is 0 Å². The summed E-state index contributed by atoms with van der Waals surface area (Å²) < 4.78 is 27.0. The molecule has 0 fully saturated rings. The van der Waals surface area contributed by atoms with Crippen LogP contribution in [0.3, 0.4) is 0 Å². The lowest BCUT2D eigenvalue weighted by Crippen LogP contribution is -2.39. The molecule has 0 saturated carbocycles. The van der Waals surface area contributed by atoms with Gasteiger partial charge in [-0.1, -0.05) is 0 Å². The normalized spacial score (nSPS) is 11.3. The number of rotatable bonds is 6. The number of carbonyl (C=O) groups excluding carboxylic acids is 1. The van der Waals surface area contributed by atoms with Crippen molar-refractivity contribution in [1.82, 2.24) is 9.62 Å². The molecule has 0 aliphatic rings. The molecule has 8 heteroatoms. The third-order valence-electron chi connectivity index (χ3n) is 2.81. The van der Waals surface area contributed by atoms with Crippen molar-refractivity contribution in [2.24, 2.45) is 0 Å². The minimum Gasteiger partial charge on any atom is -0.398 e. The number of nitrogens with one attached hydrogen (secondary N) is 1. The van der Waals surface area contributed by atoms with Gasteiger partial charge in [0.2, 0.25) is 15.9 Å². The van der Waals surface area contributed by atoms with Crippen molar-refractivity contribution in [3.8, 4) is 0 Å². The Bertz CT molecular complexity index is 586. The summed E-state index contributed by atoms with van der Waals surface area (Å²) in [5, 5.41) is 0. The lowest BCUT2D eigenvalue weighted by atomic mass is 10.3. The summed E-state index contributed by atoms with van der Waals surface area (Å²) in [5.74, 6) is -0.261. The predicted molar refractivity (Wildman–Crippen MR) is 81.7 cm³/mol. The zero-order valence-electron chi connectivity index (χ0n) is 11.4. The van der Waals surface area contributed by atoms with Gasteiger partial charge in [-0.15, -0.1) is 0 Å². The van der Waals surface area contributed by atoms with Gasteiger partial charge in [-0.25, -0.2) is 13.1 Å². The van der Waals surface area contributed by atoms with Crippen molar-refractivity contribution in [3.05, 3.63) is 22.7 Å². The van der Waals surface area contributed by atoms with E-state index in [2.05, 4.69) is 20.7 Å². The van der Waals surface area contributed by atoms with Crippen molar-refractivity contribution >= 4 is 37.5 Å². The van der Waals surface area contributed by atoms with E-state index in [1.165, 1.54) is 12.1 Å². The number of halogens is 1. The number of likely N-dealkylation sites (N-methyl/N-ethyl adjacent to an activating group) is 1. The van der Waals surface area contributed by atoms with Gasteiger partial charge >= 0.3 is 0 Å². The molecule has 112 valence electrons. The molecule has 3 N–H and O–H groups in total. The van der Waals surface area contributed by atoms with Crippen LogP contribution >= 0.6 is 15.9 Å². The van der Waals surface area contributed by atoms with Crippen molar-refractivity contribution < 1.29 is 13.2 Å². The highest BCUT2D eigenvalue weighted by molar-refractivity contribution is 9.10. The smallest absolute Gasteiger partial charge is 0.241 e. The van der Waals surface area contributed by atoms with Gasteiger partial charge < -0.3 is 10.6 Å². The number of carbonyl (C=O) groups is 1. The summed E-state index contributed by atoms with van der Waals surface area (Å²) in [6, 6.07) is 4.31. The van der Waals surface area contributed by atoms with Gasteiger partial charge in [0.15, 0.2) is 0 Å². The molecule has 1 amide bonds. The zero-order valence-corrected chi connectivity index (χ0v) is 13.8. The number of sulfonamides is 1. The second kappa shape index (κ2) is 7.05. The van der Waals surface area contributed by atoms with E-state index in [1.807, 2.05) is 13.8 Å². The summed E-state index contributed by atoms with van der Waals surface area (Å²) >= 11 is 3.20. The van der Waals surface area contributed by atoms with Crippen LogP contribution in [0.25, 0.3) is 0 Å². The molecule has 0 aliphatic carbocycles. The number of nitrogen functional groups attached to an aromatic ring is 1. The van der Waals surface area contributed by atoms with E-state index < -0.39 is 10.0 Å². The monoisotopic (exact) mass is 363 g/mol. The van der Waals surface area contributed by atoms with Crippen molar-refractivity contribution in [3.63, 3.8) is 0 Å². The minimum atomic E-state index is -3.74. The first-order valence-electron chi connectivity index (χ1n) is 6.14. The Hall–Kier alpha value is -1.12. The summed E-state index contributed by atoms with van der Waals surface area (Å²) in [4.78, 5) is 13.4. The first-order chi connectivity index (χ1) is 9.31. The number of nitrogens with zero attached hydrogens (tertiary/aromatic N) is 1. The molecule has 0 radical (unpaired) electrons. The number of hydrogen-bond donors (Lipinski definition) is 2. The number of anilines is 1. The zero-order chi connectivity index (χ0) is 15.3. The molecule has 0 aromatic heterocycles. The van der Waals surface area contributed by atoms with Crippen LogP contribution in [0.15, 0.2) is 27.6 Å². The standard InChI is InChI=1S/C12H18BrN3O3S/c1-3-16(4-2)12(17)8-15-20(18,19)9-5-6-10(13)11(14)7-9/h5-7,15H,3-4,8,14H2,1-2H3. The molecule has 0 bridgehead atoms. The number of hydrogen-bond acceptors (Lipinski definition) is 4. The van der Waals surface area contributed by atoms with Gasteiger partial charge in [0.25, 0.3) is 0 Å². The average molecular weight is 364 g/mol. The quantitative estimate of drug-likeness (QED) is 0.742. The van der Waals surface area contributed by atoms with Gasteiger partial charge in [0, 0.05) is 23.2 Å². The average Bonchev–Trinajstić information content (AvgIpc) is 2.41. The van der Waals surface area contributed by atoms with Crippen LogP contribution in [0.4, 0.5) is 5.69 Å². The summed E-state index contributed by atoms with van der Waals surface area (Å²) in [5.41, 5.74) is 5.97. The molecule has 0 aliphatic heterocycles. The molecule has 0 atom stereocenters. The fraction of sp³-hybridized carbons (Fsp3) is 0.417. The molecule has 1 aromatic rings. The lowest BCUT2D eigenvalue weighted by Gasteiger charge is -2.18. The Morgan fingerprint density at radius 3 is 2.45 bits per heavy atom. The fourth-order valence-electron chi connectivity index (χ4n) is 1.62. The van der Waals surface area contributed by atoms with Crippen LogP contribution in [0.2, 0.25) is 0 Å². The first kappa shape index (κ1) is 16.9. The van der Waals surface area contributed by atoms with Crippen LogP contribution in [0.1, 0.15) is 13.8 Å². The largest absolute Gasteiger partial charge is 0.398 e. The highest BCUT2D eigenvalue weighted by atomic mass is 79.9. The Morgan fingerprint density at radius 2 is 1.95 bits per heavy atom. The van der Waals surface area contributed by atoms with Crippen LogP contribution < -0.4 is 10.5 Å². The van der Waals surface area contributed by atoms with E-state index in [4.69, 9.17) is 5.73 Å². The molecule has 0 saturated heterocycles. The summed E-state index contributed by atoms with van der Waals surface area (Å²) in [7, 11) is -3.74. The molecule has 1 aromatic carbocycles. The van der Waals surface area contributed by atoms with Crippen molar-refractivity contribution in [2.75, 3.05) is 25.4 Å². The van der Waals surface area contributed by atoms with Crippen LogP contribution in [0, 0.1) is 0 Å². The number of benzene rings is 1. The Morgan fingerprint density at radius 1 is 1.35 bits per heavy atom. The van der Waals surface area contributed by atoms with Gasteiger partial charge in [-0.3, -0.25) is 4.79 Å². The maximum absolute atomic E-state index is 12.0. The van der Waals surface area contributed by atoms with E-state index in [0.29, 0.717) is 23.2 Å². The van der Waals surface area contributed by atoms with E-state index in [9.17, 15) is 13.2 Å². The summed E-state index contributed by atoms with van der Waals surface area (Å²) in [6.07, 6.45) is 0. The number of nitrogens with two attached hydrogens (primary N) is 1. The van der Waals surface area contributed by atoms with Gasteiger partial charge in [-0.05, 0) is 48.0 Å². The Kier molecular flexibility index (Phi) is 5.97. The first-order valence-corrected chi connectivity index (χ1v) is 8.41. The lowest BCUT2D eigenvalue weighted by molar-refractivity contribution is -0.129. The molecule has 20 heavy (non-hydrogen) atoms. The van der Waals surface area contributed by atoms with E-state index >= 15 is 0 Å². The van der Waals surface area contributed by atoms with E-state index in [0.717, 1.165) is 0 Å². The highest BCUT2D eigenvalue weighted by Crippen LogP contribution is 2.22. The third kappa shape index (κ3) is 4.19. The molecule has 6 nitrogen and oxygen atoms in total. The highest BCUT2D eigenvalue weighted by Gasteiger charge is 2.18. The Labute approximate surface area is 127 Å². The van der Waals surface area contributed by atoms with E-state index in [1.54, 1.807) is 11.0 Å². The van der Waals surface area contributed by atoms with E-state index in [-0.39, 0.29) is 17.3 Å². The maximum Gasteiger partial charge on any atom is 0.241 e. The van der Waals surface area contributed by atoms with Crippen LogP contribution in [-0.4, -0.2) is 38.9 Å². The van der Waals surface area contributed by atoms with Crippen LogP contribution in [-0.2, 0) is 14.8 Å². The van der Waals surface area contributed by atoms with Crippen molar-refractivity contribution in [1.29, 1.82) is 0 Å². The Balaban J connectivity index is 2.80. The molecular formula is C12H18BrN3O3S. The molecule has 1 rings (SSSR count). The minimum absolute atomic E-state index is 0.0329. The number of amides is 1. The topological polar surface area (TPSA) is 92.5 Å². The SMILES string of the molecule is CCN(CC)C(=O)CNS(=O)(=O)c1ccc(Br)c(N)c1. The van der Waals surface area contributed by atoms with Gasteiger partial charge in [0.05, 0.1) is 11.4 Å². The second-order valence-corrected chi connectivity index (χ2v) is 6.70. The van der Waals surface area contributed by atoms with Gasteiger partial charge in [-0.2, -0.15) is 0 Å². The predicted octanol–water partition coefficient (Wildman–Crippen LogP) is 1.18. The fourth-order valence-corrected chi connectivity index (χ4v) is 2.87. The summed E-state index contributed by atoms with van der Waals surface area (Å²) in [6.45, 7) is 4.50.